The molecule has 1 amide bonds. The standard InChI is InChI=1S/C43H52N4O6/c1-7-22-15-24-20-43(42(50)53-6)38-26(13-14-47(39(22)43)40(24)48)28-17-29(35(51-4)19-33(28)45-38)30-16-27-23(8-2)21-46(3)34(36(27)41(49)52-5)18-31-25-11-9-10-12-32(25)44-37(30)31/h9-12,17,19,22-24,27,30,34,36,39,44-45H,7-8,13-16,18,20-21H2,1-6H3/t22-,23+,24+,27-,30-,34-,36-,39-,43+/m0/s1. The number of fused-ring (bicyclic) bond motifs is 9. The van der Waals surface area contributed by atoms with Crippen LogP contribution in [0.5, 0.6) is 5.75 Å². The highest BCUT2D eigenvalue weighted by atomic mass is 16.5. The van der Waals surface area contributed by atoms with Gasteiger partial charge in [-0.2, -0.15) is 0 Å². The summed E-state index contributed by atoms with van der Waals surface area (Å²) < 4.78 is 17.5. The lowest BCUT2D eigenvalue weighted by atomic mass is 9.56. The Bertz CT molecular complexity index is 2140. The van der Waals surface area contributed by atoms with Gasteiger partial charge in [-0.25, -0.2) is 0 Å². The monoisotopic (exact) mass is 720 g/mol. The molecule has 0 radical (unpaired) electrons. The average molecular weight is 721 g/mol. The van der Waals surface area contributed by atoms with Gasteiger partial charge in [0.1, 0.15) is 11.2 Å². The van der Waals surface area contributed by atoms with Crippen molar-refractivity contribution in [1.82, 2.24) is 19.8 Å². The number of likely N-dealkylation sites (tertiary alicyclic amines) is 1. The van der Waals surface area contributed by atoms with E-state index in [2.05, 4.69) is 72.2 Å². The first kappa shape index (κ1) is 34.5. The number of esters is 2. The van der Waals surface area contributed by atoms with Gasteiger partial charge in [0.15, 0.2) is 0 Å². The van der Waals surface area contributed by atoms with Crippen LogP contribution in [-0.4, -0.2) is 91.2 Å². The number of carbonyl (C=O) groups is 3. The largest absolute Gasteiger partial charge is 0.496 e. The van der Waals surface area contributed by atoms with Crippen LogP contribution < -0.4 is 4.74 Å². The van der Waals surface area contributed by atoms with Gasteiger partial charge in [-0.05, 0) is 80.2 Å². The summed E-state index contributed by atoms with van der Waals surface area (Å²) in [5.41, 5.74) is 6.53. The van der Waals surface area contributed by atoms with E-state index in [4.69, 9.17) is 14.2 Å². The number of amides is 1. The van der Waals surface area contributed by atoms with Crippen molar-refractivity contribution in [1.29, 1.82) is 0 Å². The van der Waals surface area contributed by atoms with E-state index in [1.54, 1.807) is 7.11 Å². The molecule has 2 N–H and O–H groups in total. The van der Waals surface area contributed by atoms with Crippen molar-refractivity contribution in [2.24, 2.45) is 29.6 Å². The van der Waals surface area contributed by atoms with E-state index in [1.165, 1.54) is 30.9 Å². The molecule has 6 bridgehead atoms. The van der Waals surface area contributed by atoms with E-state index < -0.39 is 5.41 Å². The van der Waals surface area contributed by atoms with Crippen LogP contribution in [0.3, 0.4) is 0 Å². The van der Waals surface area contributed by atoms with Crippen molar-refractivity contribution >= 4 is 39.7 Å². The molecule has 2 aromatic carbocycles. The molecule has 0 unspecified atom stereocenters. The molecule has 10 heteroatoms. The molecular weight excluding hydrogens is 668 g/mol. The molecule has 4 fully saturated rings. The van der Waals surface area contributed by atoms with E-state index in [0.29, 0.717) is 25.3 Å². The number of aromatic amines is 2. The number of piperidine rings is 3. The summed E-state index contributed by atoms with van der Waals surface area (Å²) in [7, 11) is 6.90. The lowest BCUT2D eigenvalue weighted by Gasteiger charge is -2.57. The molecule has 3 saturated heterocycles. The molecule has 280 valence electrons. The SMILES string of the molecule is CC[C@@H]1CN(C)[C@H]2Cc3c([nH]c4ccccc34)[C@H](c3cc4c5c([nH]c4cc3OC)[C@]3(C(=O)OC)C[C@H]4C[C@H](CC)[C@@H]3N(CC5)C4=O)C[C@@H]1[C@@H]2C(=O)OC. The second-order valence-electron chi connectivity index (χ2n) is 16.6. The third-order valence-electron chi connectivity index (χ3n) is 14.5. The average Bonchev–Trinajstić information content (AvgIpc) is 3.69. The fourth-order valence-electron chi connectivity index (χ4n) is 12.2. The molecule has 10 nitrogen and oxygen atoms in total. The topological polar surface area (TPSA) is 117 Å². The summed E-state index contributed by atoms with van der Waals surface area (Å²) in [4.78, 5) is 53.9. The first-order chi connectivity index (χ1) is 25.7. The van der Waals surface area contributed by atoms with Gasteiger partial charge in [0.25, 0.3) is 0 Å². The van der Waals surface area contributed by atoms with E-state index in [9.17, 15) is 14.4 Å². The minimum Gasteiger partial charge on any atom is -0.496 e. The van der Waals surface area contributed by atoms with Crippen molar-refractivity contribution in [2.75, 3.05) is 41.5 Å². The van der Waals surface area contributed by atoms with Gasteiger partial charge in [0.2, 0.25) is 5.91 Å². The molecule has 0 spiro atoms. The second kappa shape index (κ2) is 12.6. The summed E-state index contributed by atoms with van der Waals surface area (Å²) in [5, 5.41) is 2.24. The Balaban J connectivity index is 1.27. The molecular formula is C43H52N4O6. The molecule has 4 aliphatic heterocycles. The molecule has 53 heavy (non-hydrogen) atoms. The van der Waals surface area contributed by atoms with Gasteiger partial charge < -0.3 is 34.0 Å². The van der Waals surface area contributed by atoms with E-state index in [0.717, 1.165) is 77.6 Å². The van der Waals surface area contributed by atoms with Gasteiger partial charge >= 0.3 is 11.9 Å². The van der Waals surface area contributed by atoms with Crippen molar-refractivity contribution in [3.8, 4) is 5.75 Å². The first-order valence-corrected chi connectivity index (χ1v) is 19.7. The molecule has 4 aromatic rings. The zero-order chi connectivity index (χ0) is 36.9. The van der Waals surface area contributed by atoms with Crippen LogP contribution in [0.2, 0.25) is 0 Å². The normalized spacial score (nSPS) is 32.1. The molecule has 2 aromatic heterocycles. The molecule has 2 aliphatic carbocycles. The summed E-state index contributed by atoms with van der Waals surface area (Å²) in [6, 6.07) is 12.7. The first-order valence-electron chi connectivity index (χ1n) is 19.7. The summed E-state index contributed by atoms with van der Waals surface area (Å²) in [6.07, 6.45) is 5.28. The van der Waals surface area contributed by atoms with Gasteiger partial charge in [0.05, 0.1) is 33.3 Å². The predicted molar refractivity (Wildman–Crippen MR) is 202 cm³/mol. The third kappa shape index (κ3) is 4.76. The number of para-hydroxylation sites is 1. The maximum absolute atomic E-state index is 14.2. The molecule has 9 atom stereocenters. The maximum atomic E-state index is 14.2. The van der Waals surface area contributed by atoms with E-state index in [1.807, 2.05) is 4.90 Å². The number of nitrogens with one attached hydrogen (secondary N) is 2. The molecule has 6 heterocycles. The van der Waals surface area contributed by atoms with Crippen LogP contribution in [0.1, 0.15) is 79.9 Å². The van der Waals surface area contributed by atoms with Crippen LogP contribution >= 0.6 is 0 Å². The number of likely N-dealkylation sites (N-methyl/N-ethyl adjacent to an activating group) is 1. The Hall–Kier alpha value is -4.31. The maximum Gasteiger partial charge on any atom is 0.319 e. The summed E-state index contributed by atoms with van der Waals surface area (Å²) in [5.74, 6) is 0.644. The zero-order valence-electron chi connectivity index (χ0n) is 31.8. The Morgan fingerprint density at radius 1 is 0.943 bits per heavy atom. The Morgan fingerprint density at radius 3 is 2.47 bits per heavy atom. The number of H-pyrrole nitrogens is 2. The number of methoxy groups -OCH3 is 3. The van der Waals surface area contributed by atoms with Gasteiger partial charge in [-0.3, -0.25) is 14.4 Å². The fourth-order valence-corrected chi connectivity index (χ4v) is 12.2. The van der Waals surface area contributed by atoms with E-state index >= 15 is 0 Å². The van der Waals surface area contributed by atoms with Crippen LogP contribution in [0, 0.1) is 29.6 Å². The Morgan fingerprint density at radius 2 is 1.74 bits per heavy atom. The van der Waals surface area contributed by atoms with Crippen LogP contribution in [-0.2, 0) is 42.1 Å². The van der Waals surface area contributed by atoms with Gasteiger partial charge in [-0.15, -0.1) is 0 Å². The minimum atomic E-state index is -0.958. The lowest BCUT2D eigenvalue weighted by Crippen LogP contribution is -2.69. The zero-order valence-corrected chi connectivity index (χ0v) is 31.8. The van der Waals surface area contributed by atoms with Crippen LogP contribution in [0.15, 0.2) is 36.4 Å². The highest BCUT2D eigenvalue weighted by Gasteiger charge is 2.65. The minimum absolute atomic E-state index is 0.0211. The molecule has 6 aliphatic rings. The van der Waals surface area contributed by atoms with Crippen molar-refractivity contribution in [3.05, 3.63) is 64.5 Å². The van der Waals surface area contributed by atoms with Crippen molar-refractivity contribution < 1.29 is 28.6 Å². The number of aromatic nitrogens is 2. The Kier molecular flexibility index (Phi) is 8.22. The summed E-state index contributed by atoms with van der Waals surface area (Å²) in [6.45, 7) is 5.91. The Labute approximate surface area is 310 Å². The highest BCUT2D eigenvalue weighted by molar-refractivity contribution is 5.96. The molecule has 1 saturated carbocycles. The summed E-state index contributed by atoms with van der Waals surface area (Å²) >= 11 is 0. The predicted octanol–water partition coefficient (Wildman–Crippen LogP) is 6.10. The number of nitrogens with zero attached hydrogens (tertiary/aromatic N) is 2. The third-order valence-corrected chi connectivity index (χ3v) is 14.5. The number of benzene rings is 2. The second-order valence-corrected chi connectivity index (χ2v) is 16.6. The van der Waals surface area contributed by atoms with Crippen molar-refractivity contribution in [3.63, 3.8) is 0 Å². The van der Waals surface area contributed by atoms with Gasteiger partial charge in [-0.1, -0.05) is 44.9 Å². The number of hydrogen-bond acceptors (Lipinski definition) is 7. The van der Waals surface area contributed by atoms with Gasteiger partial charge in [0, 0.05) is 75.8 Å². The quantitative estimate of drug-likeness (QED) is 0.232. The number of hydrogen-bond donors (Lipinski definition) is 2. The fraction of sp³-hybridized carbons (Fsp3) is 0.558. The number of ether oxygens (including phenoxy) is 3. The van der Waals surface area contributed by atoms with E-state index in [-0.39, 0.29) is 59.5 Å². The number of carbonyl (C=O) groups excluding carboxylic acids is 3. The number of rotatable bonds is 6. The highest BCUT2D eigenvalue weighted by Crippen LogP contribution is 2.57. The smallest absolute Gasteiger partial charge is 0.319 e. The lowest BCUT2D eigenvalue weighted by molar-refractivity contribution is -0.172. The van der Waals surface area contributed by atoms with Crippen LogP contribution in [0.25, 0.3) is 21.8 Å². The van der Waals surface area contributed by atoms with Crippen LogP contribution in [0.4, 0.5) is 0 Å². The molecule has 10 rings (SSSR count). The van der Waals surface area contributed by atoms with Crippen molar-refractivity contribution in [2.45, 2.75) is 82.2 Å².